The first kappa shape index (κ1) is 20.6. The van der Waals surface area contributed by atoms with Gasteiger partial charge in [0.25, 0.3) is 11.8 Å². The van der Waals surface area contributed by atoms with Crippen LogP contribution in [-0.2, 0) is 4.79 Å². The first-order valence-corrected chi connectivity index (χ1v) is 8.84. The monoisotopic (exact) mass is 422 g/mol. The molecule has 1 atom stereocenters. The molecule has 1 N–H and O–H groups in total. The molecule has 2 heterocycles. The molecule has 150 valence electrons. The molecule has 10 heteroatoms. The number of amides is 2. The average molecular weight is 423 g/mol. The van der Waals surface area contributed by atoms with Gasteiger partial charge in [-0.1, -0.05) is 17.7 Å². The molecule has 0 spiro atoms. The molecule has 6 nitrogen and oxygen atoms in total. The number of likely N-dealkylation sites (tertiary alicyclic amines) is 1. The number of rotatable bonds is 4. The first-order valence-electron chi connectivity index (χ1n) is 8.46. The fraction of sp³-hybridized carbons (Fsp3) is 0.263. The van der Waals surface area contributed by atoms with Gasteiger partial charge in [-0.15, -0.1) is 0 Å². The van der Waals surface area contributed by atoms with E-state index in [9.17, 15) is 22.8 Å². The summed E-state index contributed by atoms with van der Waals surface area (Å²) in [6.07, 6.45) is 1.96. The number of aromatic nitrogens is 1. The van der Waals surface area contributed by atoms with E-state index in [0.29, 0.717) is 11.1 Å². The minimum absolute atomic E-state index is 0.0799. The van der Waals surface area contributed by atoms with Crippen molar-refractivity contribution in [3.63, 3.8) is 0 Å². The van der Waals surface area contributed by atoms with Crippen molar-refractivity contribution in [2.75, 3.05) is 13.1 Å². The SMILES string of the molecule is N#CC1CC(F)(F)CN1C(=O)CNC(=O)c1ccncc1-c1ccc(Cl)c(F)c1. The molecule has 2 amide bonds. The van der Waals surface area contributed by atoms with Crippen molar-refractivity contribution >= 4 is 23.4 Å². The van der Waals surface area contributed by atoms with Gasteiger partial charge in [-0.25, -0.2) is 13.2 Å². The van der Waals surface area contributed by atoms with Crippen LogP contribution < -0.4 is 5.32 Å². The number of hydrogen-bond acceptors (Lipinski definition) is 4. The number of nitrogens with zero attached hydrogens (tertiary/aromatic N) is 3. The van der Waals surface area contributed by atoms with Crippen LogP contribution in [0.3, 0.4) is 0 Å². The second-order valence-electron chi connectivity index (χ2n) is 6.46. The molecule has 1 unspecified atom stereocenters. The molecule has 1 aliphatic rings. The third-order valence-electron chi connectivity index (χ3n) is 4.44. The molecule has 1 saturated heterocycles. The Morgan fingerprint density at radius 2 is 2.14 bits per heavy atom. The molecule has 1 aromatic carbocycles. The Kier molecular flexibility index (Phi) is 5.75. The van der Waals surface area contributed by atoms with Gasteiger partial charge in [-0.2, -0.15) is 5.26 Å². The number of halogens is 4. The molecule has 0 aliphatic carbocycles. The highest BCUT2D eigenvalue weighted by Crippen LogP contribution is 2.31. The van der Waals surface area contributed by atoms with Crippen LogP contribution in [-0.4, -0.2) is 46.8 Å². The van der Waals surface area contributed by atoms with Crippen molar-refractivity contribution in [1.29, 1.82) is 5.26 Å². The second kappa shape index (κ2) is 8.09. The zero-order valence-electron chi connectivity index (χ0n) is 14.8. The smallest absolute Gasteiger partial charge is 0.268 e. The number of nitrogens with one attached hydrogen (secondary N) is 1. The maximum atomic E-state index is 13.8. The van der Waals surface area contributed by atoms with Gasteiger partial charge in [0.2, 0.25) is 5.91 Å². The summed E-state index contributed by atoms with van der Waals surface area (Å²) < 4.78 is 40.7. The van der Waals surface area contributed by atoms with Crippen molar-refractivity contribution < 1.29 is 22.8 Å². The highest BCUT2D eigenvalue weighted by Gasteiger charge is 2.47. The lowest BCUT2D eigenvalue weighted by Crippen LogP contribution is -2.43. The summed E-state index contributed by atoms with van der Waals surface area (Å²) >= 11 is 5.67. The van der Waals surface area contributed by atoms with Crippen molar-refractivity contribution in [1.82, 2.24) is 15.2 Å². The molecule has 1 aromatic heterocycles. The molecule has 0 radical (unpaired) electrons. The highest BCUT2D eigenvalue weighted by atomic mass is 35.5. The molecule has 3 rings (SSSR count). The normalized spacial score (nSPS) is 17.6. The van der Waals surface area contributed by atoms with E-state index in [0.717, 1.165) is 11.0 Å². The molecule has 2 aromatic rings. The van der Waals surface area contributed by atoms with Gasteiger partial charge in [-0.3, -0.25) is 14.6 Å². The Balaban J connectivity index is 1.74. The third kappa shape index (κ3) is 4.49. The zero-order valence-corrected chi connectivity index (χ0v) is 15.6. The minimum atomic E-state index is -3.14. The maximum absolute atomic E-state index is 13.8. The van der Waals surface area contributed by atoms with E-state index in [2.05, 4.69) is 10.3 Å². The number of carbonyl (C=O) groups excluding carboxylic acids is 2. The molecule has 1 fully saturated rings. The standard InChI is InChI=1S/C19H14ClF3N4O2/c20-15-2-1-11(5-16(15)21)14-8-25-4-3-13(14)18(29)26-9-17(28)27-10-19(22,23)6-12(27)7-24/h1-5,8,12H,6,9-10H2,(H,26,29). The fourth-order valence-electron chi connectivity index (χ4n) is 3.03. The summed E-state index contributed by atoms with van der Waals surface area (Å²) in [5.41, 5.74) is 0.758. The zero-order chi connectivity index (χ0) is 21.2. The summed E-state index contributed by atoms with van der Waals surface area (Å²) in [6, 6.07) is 5.78. The van der Waals surface area contributed by atoms with Gasteiger partial charge >= 0.3 is 0 Å². The van der Waals surface area contributed by atoms with E-state index in [-0.39, 0.29) is 10.6 Å². The largest absolute Gasteiger partial charge is 0.343 e. The summed E-state index contributed by atoms with van der Waals surface area (Å²) in [7, 11) is 0. The summed E-state index contributed by atoms with van der Waals surface area (Å²) in [4.78, 5) is 29.4. The minimum Gasteiger partial charge on any atom is -0.343 e. The van der Waals surface area contributed by atoms with Crippen LogP contribution in [0, 0.1) is 17.1 Å². The molecular weight excluding hydrogens is 409 g/mol. The fourth-order valence-corrected chi connectivity index (χ4v) is 3.15. The van der Waals surface area contributed by atoms with Crippen LogP contribution >= 0.6 is 11.6 Å². The van der Waals surface area contributed by atoms with Crippen molar-refractivity contribution in [2.24, 2.45) is 0 Å². The van der Waals surface area contributed by atoms with Gasteiger partial charge in [0.1, 0.15) is 11.9 Å². The molecule has 0 bridgehead atoms. The van der Waals surface area contributed by atoms with Crippen LogP contribution in [0.5, 0.6) is 0 Å². The van der Waals surface area contributed by atoms with Crippen LogP contribution in [0.2, 0.25) is 5.02 Å². The van der Waals surface area contributed by atoms with Crippen LogP contribution in [0.25, 0.3) is 11.1 Å². The lowest BCUT2D eigenvalue weighted by molar-refractivity contribution is -0.131. The van der Waals surface area contributed by atoms with Crippen molar-refractivity contribution in [2.45, 2.75) is 18.4 Å². The van der Waals surface area contributed by atoms with Gasteiger partial charge in [0.05, 0.1) is 29.7 Å². The Labute approximate surface area is 168 Å². The lowest BCUT2D eigenvalue weighted by atomic mass is 10.0. The topological polar surface area (TPSA) is 86.1 Å². The highest BCUT2D eigenvalue weighted by molar-refractivity contribution is 6.30. The Bertz CT molecular complexity index is 1010. The predicted octanol–water partition coefficient (Wildman–Crippen LogP) is 3.03. The number of pyridine rings is 1. The third-order valence-corrected chi connectivity index (χ3v) is 4.74. The molecule has 29 heavy (non-hydrogen) atoms. The van der Waals surface area contributed by atoms with Gasteiger partial charge in [-0.05, 0) is 23.8 Å². The number of nitriles is 1. The molecule has 1 aliphatic heterocycles. The molecular formula is C19H14ClF3N4O2. The Hall–Kier alpha value is -3.12. The quantitative estimate of drug-likeness (QED) is 0.820. The van der Waals surface area contributed by atoms with E-state index in [4.69, 9.17) is 16.9 Å². The van der Waals surface area contributed by atoms with E-state index in [1.165, 1.54) is 30.6 Å². The number of carbonyl (C=O) groups is 2. The van der Waals surface area contributed by atoms with Crippen LogP contribution in [0.1, 0.15) is 16.8 Å². The summed E-state index contributed by atoms with van der Waals surface area (Å²) in [5, 5.41) is 11.2. The van der Waals surface area contributed by atoms with Crippen molar-refractivity contribution in [3.05, 3.63) is 53.1 Å². The average Bonchev–Trinajstić information content (AvgIpc) is 3.02. The predicted molar refractivity (Wildman–Crippen MR) is 97.7 cm³/mol. The van der Waals surface area contributed by atoms with Crippen LogP contribution in [0.15, 0.2) is 36.7 Å². The summed E-state index contributed by atoms with van der Waals surface area (Å²) in [6.45, 7) is -1.44. The second-order valence-corrected chi connectivity index (χ2v) is 6.87. The van der Waals surface area contributed by atoms with Gasteiger partial charge in [0, 0.05) is 24.4 Å². The number of benzene rings is 1. The first-order chi connectivity index (χ1) is 13.7. The Morgan fingerprint density at radius 3 is 2.83 bits per heavy atom. The summed E-state index contributed by atoms with van der Waals surface area (Å²) in [5.74, 6) is -5.29. The molecule has 0 saturated carbocycles. The van der Waals surface area contributed by atoms with Crippen molar-refractivity contribution in [3.8, 4) is 17.2 Å². The van der Waals surface area contributed by atoms with E-state index < -0.39 is 49.1 Å². The van der Waals surface area contributed by atoms with E-state index in [1.54, 1.807) is 6.07 Å². The number of alkyl halides is 2. The Morgan fingerprint density at radius 1 is 1.38 bits per heavy atom. The lowest BCUT2D eigenvalue weighted by Gasteiger charge is -2.19. The van der Waals surface area contributed by atoms with Gasteiger partial charge < -0.3 is 10.2 Å². The maximum Gasteiger partial charge on any atom is 0.268 e. The van der Waals surface area contributed by atoms with Crippen LogP contribution in [0.4, 0.5) is 13.2 Å². The number of hydrogen-bond donors (Lipinski definition) is 1. The van der Waals surface area contributed by atoms with Gasteiger partial charge in [0.15, 0.2) is 0 Å². The van der Waals surface area contributed by atoms with E-state index in [1.807, 2.05) is 0 Å². The van der Waals surface area contributed by atoms with E-state index >= 15 is 0 Å².